The fourth-order valence-electron chi connectivity index (χ4n) is 4.58. The lowest BCUT2D eigenvalue weighted by Crippen LogP contribution is -2.50. The number of nitrogens with zero attached hydrogens (tertiary/aromatic N) is 1. The number of furan rings is 1. The van der Waals surface area contributed by atoms with E-state index in [0.29, 0.717) is 19.6 Å². The number of amides is 1. The summed E-state index contributed by atoms with van der Waals surface area (Å²) in [4.78, 5) is 23.8. The Morgan fingerprint density at radius 1 is 1.22 bits per heavy atom. The molecule has 2 aliphatic heterocycles. The molecule has 0 saturated carbocycles. The molecule has 1 fully saturated rings. The van der Waals surface area contributed by atoms with Gasteiger partial charge in [0.1, 0.15) is 11.4 Å². The maximum absolute atomic E-state index is 12.5. The van der Waals surface area contributed by atoms with Crippen LogP contribution in [-0.4, -0.2) is 67.0 Å². The van der Waals surface area contributed by atoms with Crippen molar-refractivity contribution in [3.05, 3.63) is 54.0 Å². The minimum Gasteiger partial charge on any atom is -0.487 e. The predicted octanol–water partition coefficient (Wildman–Crippen LogP) is 3.97. The minimum absolute atomic E-state index is 0.0799. The molecule has 1 aromatic heterocycles. The van der Waals surface area contributed by atoms with E-state index in [4.69, 9.17) is 23.8 Å². The summed E-state index contributed by atoms with van der Waals surface area (Å²) in [5.74, 6) is -1.55. The van der Waals surface area contributed by atoms with Gasteiger partial charge in [-0.3, -0.25) is 9.69 Å². The van der Waals surface area contributed by atoms with Gasteiger partial charge in [0.15, 0.2) is 0 Å². The van der Waals surface area contributed by atoms with E-state index in [2.05, 4.69) is 16.3 Å². The van der Waals surface area contributed by atoms with Gasteiger partial charge in [0, 0.05) is 51.2 Å². The van der Waals surface area contributed by atoms with E-state index < -0.39 is 12.1 Å². The first kappa shape index (κ1) is 27.5. The van der Waals surface area contributed by atoms with Crippen molar-refractivity contribution >= 4 is 11.9 Å². The number of benzene rings is 1. The second-order valence-corrected chi connectivity index (χ2v) is 8.98. The van der Waals surface area contributed by atoms with E-state index >= 15 is 0 Å². The van der Waals surface area contributed by atoms with Crippen molar-refractivity contribution in [1.29, 1.82) is 0 Å². The second-order valence-electron chi connectivity index (χ2n) is 8.98. The summed E-state index contributed by atoms with van der Waals surface area (Å²) in [6.45, 7) is 3.97. The van der Waals surface area contributed by atoms with Crippen molar-refractivity contribution in [3.63, 3.8) is 0 Å². The van der Waals surface area contributed by atoms with E-state index in [1.54, 1.807) is 13.4 Å². The zero-order valence-electron chi connectivity index (χ0n) is 20.1. The van der Waals surface area contributed by atoms with Gasteiger partial charge in [-0.25, -0.2) is 4.79 Å². The van der Waals surface area contributed by atoms with Crippen LogP contribution < -0.4 is 10.1 Å². The number of halogens is 3. The summed E-state index contributed by atoms with van der Waals surface area (Å²) < 4.78 is 48.5. The number of para-hydroxylation sites is 1. The number of nitrogens with one attached hydrogen (secondary N) is 1. The number of rotatable bonds is 7. The number of ether oxygens (including phenoxy) is 2. The topological polar surface area (TPSA) is 101 Å². The highest BCUT2D eigenvalue weighted by molar-refractivity contribution is 5.77. The average molecular weight is 513 g/mol. The van der Waals surface area contributed by atoms with E-state index in [-0.39, 0.29) is 17.4 Å². The smallest absolute Gasteiger partial charge is 0.487 e. The maximum Gasteiger partial charge on any atom is 0.490 e. The molecular formula is C25H31F3N2O6. The number of fused-ring (bicyclic) bond motifs is 1. The summed E-state index contributed by atoms with van der Waals surface area (Å²) in [7, 11) is 1.64. The van der Waals surface area contributed by atoms with Gasteiger partial charge >= 0.3 is 12.1 Å². The standard InChI is InChI=1S/C23H30N2O4.C2HF3O2/c1-27-13-9-24-22(26)14-19-15-23(29-21-5-3-2-4-20(19)21)7-10-25(11-8-23)16-18-6-12-28-17-18;3-2(4,5)1(6)7/h2-6,12,17,19H,7-11,13-16H2,1H3,(H,24,26);(H,6,7). The van der Waals surface area contributed by atoms with Gasteiger partial charge in [-0.1, -0.05) is 18.2 Å². The number of carboxylic acid groups (broad SMARTS) is 1. The van der Waals surface area contributed by atoms with Crippen LogP contribution >= 0.6 is 0 Å². The summed E-state index contributed by atoms with van der Waals surface area (Å²) in [5.41, 5.74) is 2.18. The molecule has 36 heavy (non-hydrogen) atoms. The van der Waals surface area contributed by atoms with Gasteiger partial charge in [-0.15, -0.1) is 0 Å². The third-order valence-corrected chi connectivity index (χ3v) is 6.36. The lowest BCUT2D eigenvalue weighted by molar-refractivity contribution is -0.192. The van der Waals surface area contributed by atoms with Crippen LogP contribution in [0, 0.1) is 0 Å². The van der Waals surface area contributed by atoms with Crippen LogP contribution in [0.3, 0.4) is 0 Å². The number of likely N-dealkylation sites (tertiary alicyclic amines) is 1. The van der Waals surface area contributed by atoms with E-state index in [1.165, 1.54) is 5.56 Å². The van der Waals surface area contributed by atoms with Crippen LogP contribution in [0.15, 0.2) is 47.3 Å². The SMILES string of the molecule is COCCNC(=O)CC1CC2(CCN(Cc3ccoc3)CC2)Oc2ccccc21.O=C(O)C(F)(F)F. The van der Waals surface area contributed by atoms with Crippen LogP contribution in [-0.2, 0) is 20.9 Å². The van der Waals surface area contributed by atoms with Crippen LogP contribution in [0.1, 0.15) is 42.7 Å². The van der Waals surface area contributed by atoms with Crippen molar-refractivity contribution in [3.8, 4) is 5.75 Å². The van der Waals surface area contributed by atoms with Gasteiger partial charge in [0.05, 0.1) is 19.1 Å². The molecule has 2 aliphatic rings. The Labute approximate surface area is 207 Å². The molecule has 198 valence electrons. The van der Waals surface area contributed by atoms with Crippen molar-refractivity contribution in [2.45, 2.75) is 49.9 Å². The first-order valence-corrected chi connectivity index (χ1v) is 11.7. The van der Waals surface area contributed by atoms with Crippen LogP contribution in [0.4, 0.5) is 13.2 Å². The lowest BCUT2D eigenvalue weighted by atomic mass is 9.76. The second kappa shape index (κ2) is 12.3. The first-order valence-electron chi connectivity index (χ1n) is 11.7. The van der Waals surface area contributed by atoms with E-state index in [9.17, 15) is 18.0 Å². The number of alkyl halides is 3. The zero-order chi connectivity index (χ0) is 26.2. The Bertz CT molecular complexity index is 988. The van der Waals surface area contributed by atoms with Crippen molar-refractivity contribution in [1.82, 2.24) is 10.2 Å². The first-order chi connectivity index (χ1) is 17.1. The summed E-state index contributed by atoms with van der Waals surface area (Å²) in [5, 5.41) is 10.1. The highest BCUT2D eigenvalue weighted by atomic mass is 19.4. The number of aliphatic carboxylic acids is 1. The summed E-state index contributed by atoms with van der Waals surface area (Å²) >= 11 is 0. The van der Waals surface area contributed by atoms with Gasteiger partial charge < -0.3 is 24.3 Å². The number of carboxylic acids is 1. The fourth-order valence-corrected chi connectivity index (χ4v) is 4.58. The zero-order valence-corrected chi connectivity index (χ0v) is 20.1. The number of carbonyl (C=O) groups is 2. The molecule has 2 N–H and O–H groups in total. The van der Waals surface area contributed by atoms with E-state index in [0.717, 1.165) is 50.2 Å². The number of hydrogen-bond donors (Lipinski definition) is 2. The Kier molecular flexibility index (Phi) is 9.38. The molecule has 1 amide bonds. The Morgan fingerprint density at radius 2 is 1.92 bits per heavy atom. The third-order valence-electron chi connectivity index (χ3n) is 6.36. The molecule has 1 unspecified atom stereocenters. The fraction of sp³-hybridized carbons (Fsp3) is 0.520. The molecule has 1 atom stereocenters. The lowest BCUT2D eigenvalue weighted by Gasteiger charge is -2.47. The van der Waals surface area contributed by atoms with Crippen molar-refractivity contribution in [2.24, 2.45) is 0 Å². The number of methoxy groups -OCH3 is 1. The highest BCUT2D eigenvalue weighted by Gasteiger charge is 2.43. The molecule has 1 spiro atoms. The summed E-state index contributed by atoms with van der Waals surface area (Å²) in [6, 6.07) is 10.2. The Hall–Kier alpha value is -3.05. The van der Waals surface area contributed by atoms with Gasteiger partial charge in [0.2, 0.25) is 5.91 Å². The van der Waals surface area contributed by atoms with Crippen LogP contribution in [0.2, 0.25) is 0 Å². The molecule has 0 bridgehead atoms. The molecule has 1 aromatic carbocycles. The molecular weight excluding hydrogens is 481 g/mol. The monoisotopic (exact) mass is 512 g/mol. The average Bonchev–Trinajstić information content (AvgIpc) is 3.34. The molecule has 3 heterocycles. The predicted molar refractivity (Wildman–Crippen MR) is 124 cm³/mol. The Balaban J connectivity index is 0.000000454. The molecule has 1 saturated heterocycles. The molecule has 11 heteroatoms. The highest BCUT2D eigenvalue weighted by Crippen LogP contribution is 2.46. The third kappa shape index (κ3) is 7.72. The van der Waals surface area contributed by atoms with Crippen molar-refractivity contribution < 1.29 is 41.8 Å². The van der Waals surface area contributed by atoms with Gasteiger partial charge in [-0.2, -0.15) is 13.2 Å². The number of hydrogen-bond acceptors (Lipinski definition) is 6. The molecule has 4 rings (SSSR count). The van der Waals surface area contributed by atoms with Gasteiger partial charge in [-0.05, 0) is 37.0 Å². The largest absolute Gasteiger partial charge is 0.490 e. The molecule has 0 aliphatic carbocycles. The van der Waals surface area contributed by atoms with Crippen LogP contribution in [0.25, 0.3) is 0 Å². The van der Waals surface area contributed by atoms with Crippen molar-refractivity contribution in [2.75, 3.05) is 33.4 Å². The normalized spacial score (nSPS) is 18.9. The molecule has 8 nitrogen and oxygen atoms in total. The quantitative estimate of drug-likeness (QED) is 0.542. The van der Waals surface area contributed by atoms with Gasteiger partial charge in [0.25, 0.3) is 0 Å². The number of carbonyl (C=O) groups excluding carboxylic acids is 1. The molecule has 2 aromatic rings. The van der Waals surface area contributed by atoms with E-state index in [1.807, 2.05) is 30.5 Å². The number of piperidine rings is 1. The minimum atomic E-state index is -5.08. The van der Waals surface area contributed by atoms with Crippen LogP contribution in [0.5, 0.6) is 5.75 Å². The molecule has 0 radical (unpaired) electrons. The Morgan fingerprint density at radius 3 is 2.53 bits per heavy atom. The maximum atomic E-state index is 12.5. The summed E-state index contributed by atoms with van der Waals surface area (Å²) in [6.07, 6.45) is 1.79.